The summed E-state index contributed by atoms with van der Waals surface area (Å²) in [6, 6.07) is 15.0. The van der Waals surface area contributed by atoms with Gasteiger partial charge in [-0.25, -0.2) is 13.1 Å². The first-order chi connectivity index (χ1) is 11.0. The van der Waals surface area contributed by atoms with Gasteiger partial charge in [-0.1, -0.05) is 18.2 Å². The van der Waals surface area contributed by atoms with Crippen LogP contribution < -0.4 is 9.46 Å². The molecule has 0 spiro atoms. The molecule has 6 heteroatoms. The molecule has 2 aromatic rings. The van der Waals surface area contributed by atoms with Crippen LogP contribution >= 0.6 is 11.8 Å². The molecular weight excluding hydrogens is 330 g/mol. The van der Waals surface area contributed by atoms with Crippen LogP contribution in [0.1, 0.15) is 12.0 Å². The van der Waals surface area contributed by atoms with Crippen molar-refractivity contribution >= 4 is 21.8 Å². The average Bonchev–Trinajstić information content (AvgIpc) is 2.55. The zero-order valence-corrected chi connectivity index (χ0v) is 14.9. The SMILES string of the molecule is COc1ccc(S(=O)(=O)NCCCSc2ccccc2)c(C)c1. The Bertz CT molecular complexity index is 731. The lowest BCUT2D eigenvalue weighted by Crippen LogP contribution is -2.25. The quantitative estimate of drug-likeness (QED) is 0.584. The van der Waals surface area contributed by atoms with E-state index in [9.17, 15) is 8.42 Å². The number of nitrogens with one attached hydrogen (secondary N) is 1. The Morgan fingerprint density at radius 3 is 2.52 bits per heavy atom. The summed E-state index contributed by atoms with van der Waals surface area (Å²) in [6.45, 7) is 2.19. The van der Waals surface area contributed by atoms with Gasteiger partial charge in [0.25, 0.3) is 0 Å². The normalized spacial score (nSPS) is 11.4. The van der Waals surface area contributed by atoms with Crippen LogP contribution in [-0.4, -0.2) is 27.8 Å². The van der Waals surface area contributed by atoms with E-state index in [1.54, 1.807) is 44.0 Å². The van der Waals surface area contributed by atoms with Crippen molar-refractivity contribution in [2.75, 3.05) is 19.4 Å². The molecule has 0 unspecified atom stereocenters. The molecule has 2 aromatic carbocycles. The van der Waals surface area contributed by atoms with Crippen LogP contribution in [-0.2, 0) is 10.0 Å². The number of thioether (sulfide) groups is 1. The summed E-state index contributed by atoms with van der Waals surface area (Å²) in [5.74, 6) is 1.52. The second-order valence-electron chi connectivity index (χ2n) is 5.04. The van der Waals surface area contributed by atoms with Crippen LogP contribution in [0.2, 0.25) is 0 Å². The molecule has 124 valence electrons. The number of rotatable bonds is 8. The van der Waals surface area contributed by atoms with Gasteiger partial charge < -0.3 is 4.74 Å². The van der Waals surface area contributed by atoms with Crippen molar-refractivity contribution in [2.45, 2.75) is 23.1 Å². The number of aryl methyl sites for hydroxylation is 1. The van der Waals surface area contributed by atoms with Gasteiger partial charge in [-0.3, -0.25) is 0 Å². The van der Waals surface area contributed by atoms with Crippen LogP contribution in [0.25, 0.3) is 0 Å². The van der Waals surface area contributed by atoms with Gasteiger partial charge in [0.15, 0.2) is 0 Å². The molecule has 0 saturated heterocycles. The highest BCUT2D eigenvalue weighted by Gasteiger charge is 2.16. The van der Waals surface area contributed by atoms with E-state index in [2.05, 4.69) is 16.9 Å². The lowest BCUT2D eigenvalue weighted by atomic mass is 10.2. The van der Waals surface area contributed by atoms with E-state index in [0.29, 0.717) is 22.8 Å². The molecule has 0 amide bonds. The van der Waals surface area contributed by atoms with Crippen molar-refractivity contribution in [1.29, 1.82) is 0 Å². The summed E-state index contributed by atoms with van der Waals surface area (Å²) < 4.78 is 32.4. The predicted octanol–water partition coefficient (Wildman–Crippen LogP) is 3.46. The number of ether oxygens (including phenoxy) is 1. The van der Waals surface area contributed by atoms with E-state index in [4.69, 9.17) is 4.74 Å². The molecule has 0 bridgehead atoms. The molecule has 23 heavy (non-hydrogen) atoms. The predicted molar refractivity (Wildman–Crippen MR) is 94.7 cm³/mol. The Kier molecular flexibility index (Phi) is 6.50. The number of benzene rings is 2. The largest absolute Gasteiger partial charge is 0.497 e. The van der Waals surface area contributed by atoms with Crippen LogP contribution in [0.3, 0.4) is 0 Å². The van der Waals surface area contributed by atoms with E-state index in [-0.39, 0.29) is 0 Å². The molecule has 0 aliphatic heterocycles. The number of hydrogen-bond donors (Lipinski definition) is 1. The van der Waals surface area contributed by atoms with Crippen molar-refractivity contribution < 1.29 is 13.2 Å². The van der Waals surface area contributed by atoms with Gasteiger partial charge in [-0.2, -0.15) is 0 Å². The van der Waals surface area contributed by atoms with E-state index in [0.717, 1.165) is 12.2 Å². The van der Waals surface area contributed by atoms with Gasteiger partial charge in [0.05, 0.1) is 12.0 Å². The van der Waals surface area contributed by atoms with Crippen LogP contribution in [0.4, 0.5) is 0 Å². The standard InChI is InChI=1S/C17H21NO3S2/c1-14-13-15(21-2)9-10-17(14)23(19,20)18-11-6-12-22-16-7-4-3-5-8-16/h3-5,7-10,13,18H,6,11-12H2,1-2H3. The third-order valence-electron chi connectivity index (χ3n) is 3.30. The molecule has 0 atom stereocenters. The Hall–Kier alpha value is -1.50. The molecule has 0 aliphatic rings. The molecule has 2 rings (SSSR count). The van der Waals surface area contributed by atoms with E-state index in [1.807, 2.05) is 18.2 Å². The highest BCUT2D eigenvalue weighted by molar-refractivity contribution is 7.99. The fourth-order valence-electron chi connectivity index (χ4n) is 2.11. The van der Waals surface area contributed by atoms with Crippen molar-refractivity contribution in [2.24, 2.45) is 0 Å². The molecule has 4 nitrogen and oxygen atoms in total. The Morgan fingerprint density at radius 2 is 1.87 bits per heavy atom. The van der Waals surface area contributed by atoms with Gasteiger partial charge in [0, 0.05) is 11.4 Å². The van der Waals surface area contributed by atoms with Gasteiger partial charge >= 0.3 is 0 Å². The highest BCUT2D eigenvalue weighted by Crippen LogP contribution is 2.21. The first-order valence-electron chi connectivity index (χ1n) is 7.35. The van der Waals surface area contributed by atoms with Crippen LogP contribution in [0.15, 0.2) is 58.3 Å². The average molecular weight is 351 g/mol. The van der Waals surface area contributed by atoms with Gasteiger partial charge in [-0.05, 0) is 55.0 Å². The van der Waals surface area contributed by atoms with Crippen molar-refractivity contribution in [3.63, 3.8) is 0 Å². The minimum absolute atomic E-state index is 0.300. The summed E-state index contributed by atoms with van der Waals surface area (Å²) >= 11 is 1.72. The van der Waals surface area contributed by atoms with Crippen LogP contribution in [0, 0.1) is 6.92 Å². The minimum Gasteiger partial charge on any atom is -0.497 e. The summed E-state index contributed by atoms with van der Waals surface area (Å²) in [4.78, 5) is 1.50. The van der Waals surface area contributed by atoms with Crippen LogP contribution in [0.5, 0.6) is 5.75 Å². The lowest BCUT2D eigenvalue weighted by molar-refractivity contribution is 0.414. The summed E-state index contributed by atoms with van der Waals surface area (Å²) in [6.07, 6.45) is 0.772. The molecule has 0 saturated carbocycles. The minimum atomic E-state index is -3.48. The van der Waals surface area contributed by atoms with E-state index in [1.165, 1.54) is 4.90 Å². The molecule has 0 aliphatic carbocycles. The summed E-state index contributed by atoms with van der Waals surface area (Å²) in [7, 11) is -1.91. The zero-order valence-electron chi connectivity index (χ0n) is 13.3. The summed E-state index contributed by atoms with van der Waals surface area (Å²) in [5, 5.41) is 0. The van der Waals surface area contributed by atoms with Crippen molar-refractivity contribution in [3.8, 4) is 5.75 Å². The fraction of sp³-hybridized carbons (Fsp3) is 0.294. The highest BCUT2D eigenvalue weighted by atomic mass is 32.2. The lowest BCUT2D eigenvalue weighted by Gasteiger charge is -2.10. The molecule has 0 fully saturated rings. The first kappa shape index (κ1) is 17.8. The maximum Gasteiger partial charge on any atom is 0.240 e. The molecule has 0 aromatic heterocycles. The molecular formula is C17H21NO3S2. The topological polar surface area (TPSA) is 55.4 Å². The second-order valence-corrected chi connectivity index (χ2v) is 7.95. The van der Waals surface area contributed by atoms with Gasteiger partial charge in [0.1, 0.15) is 5.75 Å². The zero-order chi connectivity index (χ0) is 16.7. The molecule has 1 N–H and O–H groups in total. The number of methoxy groups -OCH3 is 1. The Balaban J connectivity index is 1.84. The Morgan fingerprint density at radius 1 is 1.13 bits per heavy atom. The van der Waals surface area contributed by atoms with Gasteiger partial charge in [0.2, 0.25) is 10.0 Å². The fourth-order valence-corrected chi connectivity index (χ4v) is 4.29. The van der Waals surface area contributed by atoms with Gasteiger partial charge in [-0.15, -0.1) is 11.8 Å². The number of hydrogen-bond acceptors (Lipinski definition) is 4. The van der Waals surface area contributed by atoms with Crippen molar-refractivity contribution in [3.05, 3.63) is 54.1 Å². The maximum atomic E-state index is 12.3. The monoisotopic (exact) mass is 351 g/mol. The Labute approximate surface area is 142 Å². The first-order valence-corrected chi connectivity index (χ1v) is 9.82. The third kappa shape index (κ3) is 5.27. The smallest absolute Gasteiger partial charge is 0.240 e. The second kappa shape index (κ2) is 8.38. The van der Waals surface area contributed by atoms with E-state index >= 15 is 0 Å². The maximum absolute atomic E-state index is 12.3. The number of sulfonamides is 1. The summed E-state index contributed by atoms with van der Waals surface area (Å²) in [5.41, 5.74) is 0.676. The molecule has 0 heterocycles. The third-order valence-corrected chi connectivity index (χ3v) is 6.02. The molecule has 0 radical (unpaired) electrons. The van der Waals surface area contributed by atoms with Crippen molar-refractivity contribution in [1.82, 2.24) is 4.72 Å². The van der Waals surface area contributed by atoms with E-state index < -0.39 is 10.0 Å².